The number of H-pyrrole nitrogens is 1. The van der Waals surface area contributed by atoms with Gasteiger partial charge in [-0.25, -0.2) is 9.18 Å². The molecule has 0 aliphatic heterocycles. The third-order valence-corrected chi connectivity index (χ3v) is 4.85. The largest absolute Gasteiger partial charge is 0.387 e. The molecule has 0 spiro atoms. The van der Waals surface area contributed by atoms with Crippen molar-refractivity contribution in [1.82, 2.24) is 14.8 Å². The van der Waals surface area contributed by atoms with Crippen molar-refractivity contribution in [1.29, 1.82) is 0 Å². The first-order valence-corrected chi connectivity index (χ1v) is 9.56. The van der Waals surface area contributed by atoms with Crippen LogP contribution < -0.4 is 11.4 Å². The lowest BCUT2D eigenvalue weighted by Crippen LogP contribution is -2.29. The number of halogens is 3. The van der Waals surface area contributed by atoms with E-state index in [-0.39, 0.29) is 28.4 Å². The summed E-state index contributed by atoms with van der Waals surface area (Å²) in [5.41, 5.74) is 5.87. The fourth-order valence-corrected chi connectivity index (χ4v) is 2.90. The highest BCUT2D eigenvalue weighted by Crippen LogP contribution is 2.30. The molecule has 1 heterocycles. The Morgan fingerprint density at radius 1 is 1.21 bits per heavy atom. The van der Waals surface area contributed by atoms with E-state index < -0.39 is 11.5 Å². The van der Waals surface area contributed by atoms with Crippen LogP contribution in [0.15, 0.2) is 46.2 Å². The quantitative estimate of drug-likeness (QED) is 0.464. The first-order chi connectivity index (χ1) is 13.6. The van der Waals surface area contributed by atoms with Gasteiger partial charge >= 0.3 is 5.69 Å². The number of rotatable bonds is 4. The van der Waals surface area contributed by atoms with E-state index in [1.807, 2.05) is 20.8 Å². The van der Waals surface area contributed by atoms with Gasteiger partial charge in [-0.05, 0) is 30.3 Å². The normalized spacial score (nSPS) is 12.4. The summed E-state index contributed by atoms with van der Waals surface area (Å²) < 4.78 is 16.3. The molecule has 0 atom stereocenters. The molecule has 2 aromatic carbocycles. The van der Waals surface area contributed by atoms with Crippen molar-refractivity contribution in [3.63, 3.8) is 0 Å². The Morgan fingerprint density at radius 3 is 2.48 bits per heavy atom. The summed E-state index contributed by atoms with van der Waals surface area (Å²) >= 11 is 12.1. The standard InChI is InChI=1S/C20H20Cl2FN5O/c1-20(2,3)18(24)25-10-11-4-9-14(22)15(16(11)23)17-26-19(29)28(27-17)13-7-5-12(21)6-8-13/h4-9H,10H2,1-3H3,(H2,24,25)(H,26,27,29). The monoisotopic (exact) mass is 435 g/mol. The lowest BCUT2D eigenvalue weighted by atomic mass is 9.95. The van der Waals surface area contributed by atoms with E-state index >= 15 is 4.39 Å². The zero-order chi connectivity index (χ0) is 21.3. The van der Waals surface area contributed by atoms with Crippen LogP contribution in [0.5, 0.6) is 0 Å². The van der Waals surface area contributed by atoms with Crippen molar-refractivity contribution < 1.29 is 4.39 Å². The smallest absolute Gasteiger partial charge is 0.348 e. The Balaban J connectivity index is 2.03. The van der Waals surface area contributed by atoms with Gasteiger partial charge in [-0.1, -0.05) is 50.0 Å². The van der Waals surface area contributed by atoms with Crippen molar-refractivity contribution in [3.8, 4) is 17.1 Å². The molecular weight excluding hydrogens is 416 g/mol. The summed E-state index contributed by atoms with van der Waals surface area (Å²) in [5.74, 6) is -0.184. The molecule has 0 bridgehead atoms. The van der Waals surface area contributed by atoms with Crippen LogP contribution in [-0.2, 0) is 6.54 Å². The number of nitrogens with two attached hydrogens (primary N) is 1. The third-order valence-electron chi connectivity index (χ3n) is 4.28. The fourth-order valence-electron chi connectivity index (χ4n) is 2.54. The number of amidine groups is 1. The molecule has 3 N–H and O–H groups in total. The van der Waals surface area contributed by atoms with Gasteiger partial charge in [0, 0.05) is 16.0 Å². The van der Waals surface area contributed by atoms with Crippen LogP contribution in [0.4, 0.5) is 4.39 Å². The van der Waals surface area contributed by atoms with Gasteiger partial charge in [0.1, 0.15) is 5.82 Å². The molecule has 6 nitrogen and oxygen atoms in total. The zero-order valence-electron chi connectivity index (χ0n) is 16.1. The molecule has 3 rings (SSSR count). The molecule has 0 aliphatic carbocycles. The third kappa shape index (κ3) is 4.52. The van der Waals surface area contributed by atoms with Crippen LogP contribution in [0.2, 0.25) is 10.0 Å². The molecule has 9 heteroatoms. The highest BCUT2D eigenvalue weighted by Gasteiger charge is 2.20. The second-order valence-electron chi connectivity index (χ2n) is 7.51. The highest BCUT2D eigenvalue weighted by molar-refractivity contribution is 6.33. The van der Waals surface area contributed by atoms with Crippen molar-refractivity contribution in [2.24, 2.45) is 16.1 Å². The Kier molecular flexibility index (Phi) is 5.82. The molecule has 0 unspecified atom stereocenters. The van der Waals surface area contributed by atoms with Gasteiger partial charge in [-0.15, -0.1) is 5.10 Å². The zero-order valence-corrected chi connectivity index (χ0v) is 17.6. The van der Waals surface area contributed by atoms with Crippen LogP contribution in [0, 0.1) is 11.2 Å². The molecule has 3 aromatic rings. The lowest BCUT2D eigenvalue weighted by molar-refractivity contribution is 0.578. The highest BCUT2D eigenvalue weighted by atomic mass is 35.5. The lowest BCUT2D eigenvalue weighted by Gasteiger charge is -2.17. The number of hydrogen-bond donors (Lipinski definition) is 2. The molecule has 1 aromatic heterocycles. The molecule has 152 valence electrons. The number of benzene rings is 2. The predicted molar refractivity (Wildman–Crippen MR) is 114 cm³/mol. The second kappa shape index (κ2) is 8.00. The first-order valence-electron chi connectivity index (χ1n) is 8.81. The maximum absolute atomic E-state index is 15.2. The molecule has 29 heavy (non-hydrogen) atoms. The van der Waals surface area contributed by atoms with E-state index in [1.54, 1.807) is 24.3 Å². The van der Waals surface area contributed by atoms with E-state index in [4.69, 9.17) is 28.9 Å². The van der Waals surface area contributed by atoms with Gasteiger partial charge in [-0.2, -0.15) is 4.68 Å². The van der Waals surface area contributed by atoms with Crippen LogP contribution in [0.3, 0.4) is 0 Å². The number of aliphatic imine (C=N–C) groups is 1. The average molecular weight is 436 g/mol. The maximum Gasteiger partial charge on any atom is 0.348 e. The molecule has 0 aliphatic rings. The molecule has 0 fully saturated rings. The molecule has 0 saturated heterocycles. The predicted octanol–water partition coefficient (Wildman–Crippen LogP) is 4.58. The van der Waals surface area contributed by atoms with E-state index in [0.717, 1.165) is 4.68 Å². The summed E-state index contributed by atoms with van der Waals surface area (Å²) in [7, 11) is 0. The van der Waals surface area contributed by atoms with Crippen molar-refractivity contribution in [3.05, 3.63) is 68.3 Å². The van der Waals surface area contributed by atoms with Crippen LogP contribution in [0.1, 0.15) is 26.3 Å². The minimum atomic E-state index is -0.611. The Morgan fingerprint density at radius 2 is 1.86 bits per heavy atom. The van der Waals surface area contributed by atoms with Crippen molar-refractivity contribution >= 4 is 29.0 Å². The minimum Gasteiger partial charge on any atom is -0.387 e. The Hall–Kier alpha value is -2.64. The Bertz CT molecular complexity index is 1130. The SMILES string of the molecule is CC(C)(C)C(N)=NCc1ccc(Cl)c(-c2nn(-c3ccc(Cl)cc3)c(=O)[nH]2)c1F. The maximum atomic E-state index is 15.2. The van der Waals surface area contributed by atoms with Gasteiger partial charge < -0.3 is 5.73 Å². The molecule has 0 saturated carbocycles. The van der Waals surface area contributed by atoms with E-state index in [0.29, 0.717) is 22.1 Å². The molecular formula is C20H20Cl2FN5O. The van der Waals surface area contributed by atoms with Crippen LogP contribution in [-0.4, -0.2) is 20.6 Å². The van der Waals surface area contributed by atoms with Crippen molar-refractivity contribution in [2.45, 2.75) is 27.3 Å². The summed E-state index contributed by atoms with van der Waals surface area (Å²) in [4.78, 5) is 19.2. The number of aromatic nitrogens is 3. The molecule has 0 amide bonds. The number of nitrogens with zero attached hydrogens (tertiary/aromatic N) is 3. The minimum absolute atomic E-state index is 0.00138. The Labute approximate surface area is 177 Å². The first kappa shape index (κ1) is 21.1. The van der Waals surface area contributed by atoms with Gasteiger partial charge in [0.2, 0.25) is 0 Å². The van der Waals surface area contributed by atoms with Gasteiger partial charge in [0.15, 0.2) is 5.82 Å². The van der Waals surface area contributed by atoms with Gasteiger partial charge in [0.05, 0.1) is 28.7 Å². The number of hydrogen-bond acceptors (Lipinski definition) is 3. The number of aromatic amines is 1. The average Bonchev–Trinajstić information content (AvgIpc) is 3.02. The van der Waals surface area contributed by atoms with Gasteiger partial charge in [-0.3, -0.25) is 9.98 Å². The summed E-state index contributed by atoms with van der Waals surface area (Å²) in [5, 5.41) is 4.84. The summed E-state index contributed by atoms with van der Waals surface area (Å²) in [6, 6.07) is 9.60. The number of nitrogens with one attached hydrogen (secondary N) is 1. The van der Waals surface area contributed by atoms with Crippen LogP contribution in [0.25, 0.3) is 17.1 Å². The van der Waals surface area contributed by atoms with E-state index in [1.165, 1.54) is 12.1 Å². The van der Waals surface area contributed by atoms with E-state index in [9.17, 15) is 4.79 Å². The topological polar surface area (TPSA) is 89.1 Å². The second-order valence-corrected chi connectivity index (χ2v) is 8.36. The van der Waals surface area contributed by atoms with Crippen molar-refractivity contribution in [2.75, 3.05) is 0 Å². The van der Waals surface area contributed by atoms with Crippen LogP contribution >= 0.6 is 23.2 Å². The van der Waals surface area contributed by atoms with E-state index in [2.05, 4.69) is 15.1 Å². The summed E-state index contributed by atoms with van der Waals surface area (Å²) in [6.07, 6.45) is 0. The molecule has 0 radical (unpaired) electrons. The van der Waals surface area contributed by atoms with Gasteiger partial charge in [0.25, 0.3) is 0 Å². The summed E-state index contributed by atoms with van der Waals surface area (Å²) in [6.45, 7) is 5.80. The fraction of sp³-hybridized carbons (Fsp3) is 0.250.